The van der Waals surface area contributed by atoms with Crippen molar-refractivity contribution in [3.8, 4) is 5.75 Å². The van der Waals surface area contributed by atoms with Gasteiger partial charge in [0.2, 0.25) is 0 Å². The standard InChI is InChI=1S/C19H23NO/c1-3-20-19(16-7-4-6-14(2)12-16)17-9-10-18-15(13-17)8-5-11-21-18/h4,6-7,9-10,12-13,19-20H,3,5,8,11H2,1-2H3. The van der Waals surface area contributed by atoms with Gasteiger partial charge in [0, 0.05) is 0 Å². The Labute approximate surface area is 127 Å². The lowest BCUT2D eigenvalue weighted by Crippen LogP contribution is -2.22. The van der Waals surface area contributed by atoms with E-state index in [1.54, 1.807) is 0 Å². The van der Waals surface area contributed by atoms with Crippen LogP contribution in [0.25, 0.3) is 0 Å². The van der Waals surface area contributed by atoms with Crippen LogP contribution in [-0.2, 0) is 6.42 Å². The van der Waals surface area contributed by atoms with Crippen LogP contribution in [0.5, 0.6) is 5.75 Å². The van der Waals surface area contributed by atoms with Crippen molar-refractivity contribution in [1.82, 2.24) is 5.32 Å². The predicted molar refractivity (Wildman–Crippen MR) is 87.0 cm³/mol. The summed E-state index contributed by atoms with van der Waals surface area (Å²) in [5.74, 6) is 1.06. The summed E-state index contributed by atoms with van der Waals surface area (Å²) in [5.41, 5.74) is 5.30. The Morgan fingerprint density at radius 1 is 1.14 bits per heavy atom. The van der Waals surface area contributed by atoms with E-state index in [4.69, 9.17) is 4.74 Å². The molecule has 0 fully saturated rings. The third-order valence-electron chi connectivity index (χ3n) is 4.05. The summed E-state index contributed by atoms with van der Waals surface area (Å²) in [6.07, 6.45) is 2.24. The normalized spacial score (nSPS) is 15.1. The van der Waals surface area contributed by atoms with Crippen LogP contribution in [0.1, 0.15) is 41.6 Å². The van der Waals surface area contributed by atoms with E-state index in [0.717, 1.165) is 31.7 Å². The SMILES string of the molecule is CCNC(c1cccc(C)c1)c1ccc2c(c1)CCCO2. The van der Waals surface area contributed by atoms with Gasteiger partial charge in [-0.1, -0.05) is 48.9 Å². The van der Waals surface area contributed by atoms with Crippen molar-refractivity contribution in [3.63, 3.8) is 0 Å². The van der Waals surface area contributed by atoms with Crippen molar-refractivity contribution in [2.45, 2.75) is 32.7 Å². The monoisotopic (exact) mass is 281 g/mol. The van der Waals surface area contributed by atoms with Crippen LogP contribution in [0, 0.1) is 6.92 Å². The zero-order valence-electron chi connectivity index (χ0n) is 12.9. The molecule has 1 unspecified atom stereocenters. The molecule has 0 saturated carbocycles. The summed E-state index contributed by atoms with van der Waals surface area (Å²) in [7, 11) is 0. The molecular formula is C19H23NO. The molecule has 0 saturated heterocycles. The third-order valence-corrected chi connectivity index (χ3v) is 4.05. The van der Waals surface area contributed by atoms with Gasteiger partial charge in [-0.15, -0.1) is 0 Å². The lowest BCUT2D eigenvalue weighted by atomic mass is 9.94. The molecule has 0 radical (unpaired) electrons. The molecule has 3 rings (SSSR count). The number of nitrogens with one attached hydrogen (secondary N) is 1. The Kier molecular flexibility index (Phi) is 4.26. The molecule has 0 amide bonds. The second-order valence-corrected chi connectivity index (χ2v) is 5.72. The molecule has 2 heteroatoms. The fraction of sp³-hybridized carbons (Fsp3) is 0.368. The molecular weight excluding hydrogens is 258 g/mol. The largest absolute Gasteiger partial charge is 0.493 e. The molecule has 2 aromatic rings. The van der Waals surface area contributed by atoms with E-state index in [1.807, 2.05) is 0 Å². The first-order chi connectivity index (χ1) is 10.3. The molecule has 21 heavy (non-hydrogen) atoms. The summed E-state index contributed by atoms with van der Waals surface area (Å²) < 4.78 is 5.72. The highest BCUT2D eigenvalue weighted by Crippen LogP contribution is 2.30. The van der Waals surface area contributed by atoms with Gasteiger partial charge in [-0.3, -0.25) is 0 Å². The highest BCUT2D eigenvalue weighted by atomic mass is 16.5. The maximum atomic E-state index is 5.72. The molecule has 1 aliphatic rings. The van der Waals surface area contributed by atoms with Crippen LogP contribution in [0.3, 0.4) is 0 Å². The number of hydrogen-bond donors (Lipinski definition) is 1. The van der Waals surface area contributed by atoms with E-state index >= 15 is 0 Å². The van der Waals surface area contributed by atoms with Crippen molar-refractivity contribution in [3.05, 3.63) is 64.7 Å². The first-order valence-corrected chi connectivity index (χ1v) is 7.83. The smallest absolute Gasteiger partial charge is 0.122 e. The molecule has 0 bridgehead atoms. The zero-order chi connectivity index (χ0) is 14.7. The zero-order valence-corrected chi connectivity index (χ0v) is 12.9. The number of ether oxygens (including phenoxy) is 1. The summed E-state index contributed by atoms with van der Waals surface area (Å²) in [4.78, 5) is 0. The first kappa shape index (κ1) is 14.2. The minimum Gasteiger partial charge on any atom is -0.493 e. The molecule has 2 aromatic carbocycles. The first-order valence-electron chi connectivity index (χ1n) is 7.83. The highest BCUT2D eigenvalue weighted by molar-refractivity contribution is 5.42. The van der Waals surface area contributed by atoms with Crippen LogP contribution in [-0.4, -0.2) is 13.2 Å². The molecule has 0 aliphatic carbocycles. The van der Waals surface area contributed by atoms with Gasteiger partial charge in [0.25, 0.3) is 0 Å². The number of hydrogen-bond acceptors (Lipinski definition) is 2. The fourth-order valence-electron chi connectivity index (χ4n) is 3.04. The number of fused-ring (bicyclic) bond motifs is 1. The van der Waals surface area contributed by atoms with E-state index in [1.165, 1.54) is 22.3 Å². The average molecular weight is 281 g/mol. The van der Waals surface area contributed by atoms with Crippen LogP contribution < -0.4 is 10.1 Å². The number of benzene rings is 2. The Bertz CT molecular complexity index is 621. The second-order valence-electron chi connectivity index (χ2n) is 5.72. The summed E-state index contributed by atoms with van der Waals surface area (Å²) in [6, 6.07) is 15.6. The molecule has 2 nitrogen and oxygen atoms in total. The number of aryl methyl sites for hydroxylation is 2. The van der Waals surface area contributed by atoms with Crippen LogP contribution in [0.4, 0.5) is 0 Å². The van der Waals surface area contributed by atoms with Crippen LogP contribution in [0.15, 0.2) is 42.5 Å². The Hall–Kier alpha value is -1.80. The van der Waals surface area contributed by atoms with Crippen LogP contribution in [0.2, 0.25) is 0 Å². The van der Waals surface area contributed by atoms with Gasteiger partial charge >= 0.3 is 0 Å². The van der Waals surface area contributed by atoms with Crippen molar-refractivity contribution < 1.29 is 4.74 Å². The van der Waals surface area contributed by atoms with Crippen molar-refractivity contribution in [1.29, 1.82) is 0 Å². The number of rotatable bonds is 4. The Balaban J connectivity index is 1.97. The van der Waals surface area contributed by atoms with Crippen LogP contribution >= 0.6 is 0 Å². The van der Waals surface area contributed by atoms with Gasteiger partial charge in [-0.2, -0.15) is 0 Å². The average Bonchev–Trinajstić information content (AvgIpc) is 2.52. The minimum absolute atomic E-state index is 0.252. The van der Waals surface area contributed by atoms with Gasteiger partial charge < -0.3 is 10.1 Å². The van der Waals surface area contributed by atoms with E-state index in [2.05, 4.69) is 61.6 Å². The van der Waals surface area contributed by atoms with E-state index in [9.17, 15) is 0 Å². The third kappa shape index (κ3) is 3.11. The van der Waals surface area contributed by atoms with Gasteiger partial charge in [-0.25, -0.2) is 0 Å². The van der Waals surface area contributed by atoms with E-state index < -0.39 is 0 Å². The molecule has 110 valence electrons. The minimum atomic E-state index is 0.252. The predicted octanol–water partition coefficient (Wildman–Crippen LogP) is 4.02. The van der Waals surface area contributed by atoms with E-state index in [-0.39, 0.29) is 6.04 Å². The maximum Gasteiger partial charge on any atom is 0.122 e. The van der Waals surface area contributed by atoms with Gasteiger partial charge in [-0.05, 0) is 49.1 Å². The van der Waals surface area contributed by atoms with Gasteiger partial charge in [0.15, 0.2) is 0 Å². The van der Waals surface area contributed by atoms with Gasteiger partial charge in [0.1, 0.15) is 5.75 Å². The lowest BCUT2D eigenvalue weighted by Gasteiger charge is -2.23. The lowest BCUT2D eigenvalue weighted by molar-refractivity contribution is 0.288. The molecule has 1 aliphatic heterocycles. The highest BCUT2D eigenvalue weighted by Gasteiger charge is 2.17. The maximum absolute atomic E-state index is 5.72. The quantitative estimate of drug-likeness (QED) is 0.914. The topological polar surface area (TPSA) is 21.3 Å². The fourth-order valence-corrected chi connectivity index (χ4v) is 3.04. The molecule has 1 heterocycles. The Morgan fingerprint density at radius 2 is 2.00 bits per heavy atom. The summed E-state index contributed by atoms with van der Waals surface area (Å²) in [5, 5.41) is 3.61. The Morgan fingerprint density at radius 3 is 2.81 bits per heavy atom. The van der Waals surface area contributed by atoms with Crippen molar-refractivity contribution >= 4 is 0 Å². The second kappa shape index (κ2) is 6.31. The summed E-state index contributed by atoms with van der Waals surface area (Å²) in [6.45, 7) is 6.10. The van der Waals surface area contributed by atoms with Gasteiger partial charge in [0.05, 0.1) is 12.6 Å². The van der Waals surface area contributed by atoms with Crippen molar-refractivity contribution in [2.75, 3.05) is 13.2 Å². The summed E-state index contributed by atoms with van der Waals surface area (Å²) >= 11 is 0. The molecule has 0 spiro atoms. The molecule has 0 aromatic heterocycles. The molecule has 1 N–H and O–H groups in total. The molecule has 1 atom stereocenters. The van der Waals surface area contributed by atoms with Crippen molar-refractivity contribution in [2.24, 2.45) is 0 Å². The van der Waals surface area contributed by atoms with E-state index in [0.29, 0.717) is 0 Å².